The fourth-order valence-electron chi connectivity index (χ4n) is 3.31. The van der Waals surface area contributed by atoms with E-state index >= 15 is 0 Å². The minimum atomic E-state index is -1.21. The molecule has 4 N–H and O–H groups in total. The highest BCUT2D eigenvalue weighted by molar-refractivity contribution is 6.34. The quantitative estimate of drug-likeness (QED) is 0.376. The molecule has 8 heteroatoms. The molecule has 0 aliphatic rings. The maximum atomic E-state index is 12.7. The number of pyridine rings is 1. The molecule has 2 heterocycles. The molecule has 0 spiro atoms. The lowest BCUT2D eigenvalue weighted by molar-refractivity contribution is -0.139. The van der Waals surface area contributed by atoms with E-state index in [-0.39, 0.29) is 23.0 Å². The van der Waals surface area contributed by atoms with Crippen molar-refractivity contribution < 1.29 is 19.8 Å². The second kappa shape index (κ2) is 7.44. The zero-order valence-electron chi connectivity index (χ0n) is 15.0. The smallest absolute Gasteiger partial charge is 0.326 e. The van der Waals surface area contributed by atoms with Gasteiger partial charge in [-0.2, -0.15) is 0 Å². The number of para-hydroxylation sites is 1. The third-order valence-electron chi connectivity index (χ3n) is 4.76. The molecule has 146 valence electrons. The summed E-state index contributed by atoms with van der Waals surface area (Å²) < 4.78 is 0. The van der Waals surface area contributed by atoms with Crippen LogP contribution in [0.2, 0.25) is 5.15 Å². The first-order valence-corrected chi connectivity index (χ1v) is 9.19. The van der Waals surface area contributed by atoms with Crippen molar-refractivity contribution in [3.8, 4) is 5.75 Å². The van der Waals surface area contributed by atoms with Crippen molar-refractivity contribution in [1.82, 2.24) is 15.3 Å². The van der Waals surface area contributed by atoms with Crippen LogP contribution in [-0.4, -0.2) is 38.1 Å². The third-order valence-corrected chi connectivity index (χ3v) is 5.04. The number of aromatic nitrogens is 2. The predicted molar refractivity (Wildman–Crippen MR) is 109 cm³/mol. The van der Waals surface area contributed by atoms with Crippen LogP contribution in [0, 0.1) is 0 Å². The standard InChI is InChI=1S/C21H16ClN3O4/c22-19-14-7-2-1-6-13(14)18(26)17(25-19)20(27)24-16(21(28)29)9-11-10-23-15-8-4-3-5-12(11)15/h1-8,10,16,23,26H,9H2,(H,24,27)(H,28,29)/t16-/m1/s1. The van der Waals surface area contributed by atoms with Crippen LogP contribution in [-0.2, 0) is 11.2 Å². The van der Waals surface area contributed by atoms with Crippen molar-refractivity contribution in [2.45, 2.75) is 12.5 Å². The van der Waals surface area contributed by atoms with Crippen LogP contribution in [0.25, 0.3) is 21.7 Å². The molecule has 2 aromatic carbocycles. The normalized spacial score (nSPS) is 12.2. The maximum Gasteiger partial charge on any atom is 0.326 e. The van der Waals surface area contributed by atoms with E-state index < -0.39 is 17.9 Å². The molecular weight excluding hydrogens is 394 g/mol. The lowest BCUT2D eigenvalue weighted by Crippen LogP contribution is -2.42. The number of aromatic amines is 1. The number of amides is 1. The van der Waals surface area contributed by atoms with E-state index in [0.717, 1.165) is 16.5 Å². The number of aromatic hydroxyl groups is 1. The van der Waals surface area contributed by atoms with E-state index in [1.165, 1.54) is 0 Å². The number of carboxylic acid groups (broad SMARTS) is 1. The number of fused-ring (bicyclic) bond motifs is 2. The Bertz CT molecular complexity index is 1250. The lowest BCUT2D eigenvalue weighted by atomic mass is 10.0. The predicted octanol–water partition coefficient (Wildman–Crippen LogP) is 3.50. The monoisotopic (exact) mass is 409 g/mol. The zero-order valence-corrected chi connectivity index (χ0v) is 15.8. The highest BCUT2D eigenvalue weighted by atomic mass is 35.5. The van der Waals surface area contributed by atoms with Gasteiger partial charge in [-0.15, -0.1) is 0 Å². The minimum Gasteiger partial charge on any atom is -0.505 e. The Morgan fingerprint density at radius 1 is 1.07 bits per heavy atom. The summed E-state index contributed by atoms with van der Waals surface area (Å²) in [5.41, 5.74) is 1.31. The van der Waals surface area contributed by atoms with Gasteiger partial charge in [0.05, 0.1) is 0 Å². The number of nitrogens with zero attached hydrogens (tertiary/aromatic N) is 1. The van der Waals surface area contributed by atoms with E-state index in [9.17, 15) is 19.8 Å². The lowest BCUT2D eigenvalue weighted by Gasteiger charge is -2.15. The first-order valence-electron chi connectivity index (χ1n) is 8.81. The number of benzene rings is 2. The summed E-state index contributed by atoms with van der Waals surface area (Å²) in [6.07, 6.45) is 1.78. The Morgan fingerprint density at radius 3 is 2.45 bits per heavy atom. The van der Waals surface area contributed by atoms with Crippen LogP contribution < -0.4 is 5.32 Å². The molecule has 0 saturated carbocycles. The van der Waals surface area contributed by atoms with Crippen molar-refractivity contribution in [2.75, 3.05) is 0 Å². The first kappa shape index (κ1) is 18.8. The van der Waals surface area contributed by atoms with Gasteiger partial charge in [0.1, 0.15) is 11.2 Å². The molecule has 2 aromatic heterocycles. The maximum absolute atomic E-state index is 12.7. The van der Waals surface area contributed by atoms with Crippen LogP contribution in [0.1, 0.15) is 16.1 Å². The van der Waals surface area contributed by atoms with E-state index in [1.54, 1.807) is 30.5 Å². The molecule has 0 aliphatic heterocycles. The Morgan fingerprint density at radius 2 is 1.72 bits per heavy atom. The summed E-state index contributed by atoms with van der Waals surface area (Å²) in [7, 11) is 0. The average Bonchev–Trinajstić information content (AvgIpc) is 3.13. The number of rotatable bonds is 5. The number of hydrogen-bond acceptors (Lipinski definition) is 4. The summed E-state index contributed by atoms with van der Waals surface area (Å²) in [4.78, 5) is 31.5. The van der Waals surface area contributed by atoms with Gasteiger partial charge in [0.15, 0.2) is 11.4 Å². The van der Waals surface area contributed by atoms with Crippen LogP contribution in [0.3, 0.4) is 0 Å². The van der Waals surface area contributed by atoms with Gasteiger partial charge in [0.25, 0.3) is 5.91 Å². The fraction of sp³-hybridized carbons (Fsp3) is 0.0952. The van der Waals surface area contributed by atoms with Gasteiger partial charge >= 0.3 is 5.97 Å². The van der Waals surface area contributed by atoms with Gasteiger partial charge in [0.2, 0.25) is 0 Å². The van der Waals surface area contributed by atoms with Gasteiger partial charge in [-0.25, -0.2) is 9.78 Å². The topological polar surface area (TPSA) is 115 Å². The summed E-state index contributed by atoms with van der Waals surface area (Å²) in [6, 6.07) is 13.0. The van der Waals surface area contributed by atoms with Crippen molar-refractivity contribution in [3.63, 3.8) is 0 Å². The molecule has 29 heavy (non-hydrogen) atoms. The Hall–Kier alpha value is -3.58. The second-order valence-corrected chi connectivity index (χ2v) is 6.93. The number of nitrogens with one attached hydrogen (secondary N) is 2. The zero-order chi connectivity index (χ0) is 20.5. The molecule has 0 saturated heterocycles. The minimum absolute atomic E-state index is 0.0482. The van der Waals surface area contributed by atoms with Crippen LogP contribution in [0.5, 0.6) is 5.75 Å². The highest BCUT2D eigenvalue weighted by Crippen LogP contribution is 2.31. The van der Waals surface area contributed by atoms with Crippen molar-refractivity contribution in [2.24, 2.45) is 0 Å². The largest absolute Gasteiger partial charge is 0.505 e. The molecule has 1 amide bonds. The van der Waals surface area contributed by atoms with Crippen molar-refractivity contribution in [1.29, 1.82) is 0 Å². The number of carboxylic acids is 1. The molecule has 7 nitrogen and oxygen atoms in total. The van der Waals surface area contributed by atoms with Crippen LogP contribution in [0.15, 0.2) is 54.7 Å². The summed E-state index contributed by atoms with van der Waals surface area (Å²) in [5, 5.41) is 24.3. The average molecular weight is 410 g/mol. The van der Waals surface area contributed by atoms with Gasteiger partial charge in [-0.1, -0.05) is 54.1 Å². The summed E-state index contributed by atoms with van der Waals surface area (Å²) >= 11 is 6.14. The Labute approximate surface area is 170 Å². The SMILES string of the molecule is O=C(N[C@H](Cc1c[nH]c2ccccc12)C(=O)O)c1nc(Cl)c2ccccc2c1O. The number of H-pyrrole nitrogens is 1. The Balaban J connectivity index is 1.64. The molecule has 0 bridgehead atoms. The van der Waals surface area contributed by atoms with Gasteiger partial charge < -0.3 is 20.5 Å². The number of hydrogen-bond donors (Lipinski definition) is 4. The first-order chi connectivity index (χ1) is 14.0. The molecule has 1 atom stereocenters. The number of carbonyl (C=O) groups is 2. The molecular formula is C21H16ClN3O4. The molecule has 0 radical (unpaired) electrons. The number of aliphatic carboxylic acids is 1. The summed E-state index contributed by atoms with van der Waals surface area (Å²) in [5.74, 6) is -2.36. The van der Waals surface area contributed by atoms with E-state index in [4.69, 9.17) is 11.6 Å². The number of halogens is 1. The van der Waals surface area contributed by atoms with Crippen molar-refractivity contribution >= 4 is 45.2 Å². The molecule has 0 unspecified atom stereocenters. The van der Waals surface area contributed by atoms with Gasteiger partial charge in [-0.3, -0.25) is 4.79 Å². The van der Waals surface area contributed by atoms with Gasteiger partial charge in [0, 0.05) is 34.3 Å². The van der Waals surface area contributed by atoms with Gasteiger partial charge in [-0.05, 0) is 11.6 Å². The fourth-order valence-corrected chi connectivity index (χ4v) is 3.56. The van der Waals surface area contributed by atoms with E-state index in [2.05, 4.69) is 15.3 Å². The van der Waals surface area contributed by atoms with Crippen molar-refractivity contribution in [3.05, 3.63) is 71.1 Å². The molecule has 0 aliphatic carbocycles. The highest BCUT2D eigenvalue weighted by Gasteiger charge is 2.26. The summed E-state index contributed by atoms with van der Waals surface area (Å²) in [6.45, 7) is 0. The van der Waals surface area contributed by atoms with E-state index in [1.807, 2.05) is 24.3 Å². The van der Waals surface area contributed by atoms with E-state index in [0.29, 0.717) is 10.8 Å². The van der Waals surface area contributed by atoms with Crippen LogP contribution >= 0.6 is 11.6 Å². The molecule has 4 rings (SSSR count). The van der Waals surface area contributed by atoms with Crippen LogP contribution in [0.4, 0.5) is 0 Å². The number of carbonyl (C=O) groups excluding carboxylic acids is 1. The third kappa shape index (κ3) is 3.48. The second-order valence-electron chi connectivity index (χ2n) is 6.57. The molecule has 4 aromatic rings. The Kier molecular flexibility index (Phi) is 4.82. The molecule has 0 fully saturated rings.